The number of piperazine rings is 1. The summed E-state index contributed by atoms with van der Waals surface area (Å²) in [5, 5.41) is 21.8. The van der Waals surface area contributed by atoms with Crippen molar-refractivity contribution in [1.82, 2.24) is 9.80 Å². The number of benzene rings is 2. The summed E-state index contributed by atoms with van der Waals surface area (Å²) in [5.74, 6) is -0.491. The smallest absolute Gasteiger partial charge is 0.270 e. The molecule has 0 unspecified atom stereocenters. The molecule has 0 aromatic heterocycles. The fourth-order valence-corrected chi connectivity index (χ4v) is 3.75. The van der Waals surface area contributed by atoms with E-state index in [1.54, 1.807) is 34.1 Å². The molecule has 2 aromatic rings. The van der Waals surface area contributed by atoms with Crippen LogP contribution in [0.1, 0.15) is 25.0 Å². The second kappa shape index (κ2) is 10.5. The van der Waals surface area contributed by atoms with Crippen LogP contribution in [0.5, 0.6) is 0 Å². The zero-order chi connectivity index (χ0) is 24.8. The average Bonchev–Trinajstić information content (AvgIpc) is 2.82. The SMILES string of the molecule is C[C@@H]1CN(C(=O)/C=C/c2cccc([N+](=O)[O-])c2)[C@H](C)CN1C(=O)/C=C\c1cccc([N+](=O)[O-])c1. The Hall–Kier alpha value is -4.34. The molecular formula is C24H24N4O6. The van der Waals surface area contributed by atoms with E-state index in [1.165, 1.54) is 48.6 Å². The molecule has 3 rings (SSSR count). The van der Waals surface area contributed by atoms with Gasteiger partial charge < -0.3 is 9.80 Å². The number of nitro groups is 2. The molecule has 1 heterocycles. The van der Waals surface area contributed by atoms with Crippen molar-refractivity contribution in [2.75, 3.05) is 13.1 Å². The molecule has 1 aliphatic heterocycles. The Morgan fingerprint density at radius 2 is 1.18 bits per heavy atom. The molecule has 1 fully saturated rings. The molecule has 10 heteroatoms. The van der Waals surface area contributed by atoms with Crippen molar-refractivity contribution in [3.05, 3.63) is 92.0 Å². The summed E-state index contributed by atoms with van der Waals surface area (Å²) in [4.78, 5) is 49.7. The summed E-state index contributed by atoms with van der Waals surface area (Å²) in [6.07, 6.45) is 5.82. The predicted molar refractivity (Wildman–Crippen MR) is 127 cm³/mol. The van der Waals surface area contributed by atoms with Gasteiger partial charge in [0.2, 0.25) is 11.8 Å². The van der Waals surface area contributed by atoms with E-state index in [2.05, 4.69) is 0 Å². The maximum absolute atomic E-state index is 12.8. The van der Waals surface area contributed by atoms with Crippen molar-refractivity contribution in [2.24, 2.45) is 0 Å². The molecule has 2 atom stereocenters. The molecule has 34 heavy (non-hydrogen) atoms. The number of carbonyl (C=O) groups excluding carboxylic acids is 2. The summed E-state index contributed by atoms with van der Waals surface area (Å²) >= 11 is 0. The van der Waals surface area contributed by atoms with Gasteiger partial charge in [-0.3, -0.25) is 29.8 Å². The van der Waals surface area contributed by atoms with Crippen LogP contribution in [-0.2, 0) is 9.59 Å². The molecule has 0 N–H and O–H groups in total. The lowest BCUT2D eigenvalue weighted by Gasteiger charge is -2.43. The molecule has 2 aromatic carbocycles. The van der Waals surface area contributed by atoms with Gasteiger partial charge in [-0.15, -0.1) is 0 Å². The van der Waals surface area contributed by atoms with E-state index in [-0.39, 0.29) is 35.3 Å². The summed E-state index contributed by atoms with van der Waals surface area (Å²) < 4.78 is 0. The lowest BCUT2D eigenvalue weighted by molar-refractivity contribution is -0.385. The minimum atomic E-state index is -0.493. The highest BCUT2D eigenvalue weighted by molar-refractivity contribution is 5.94. The highest BCUT2D eigenvalue weighted by atomic mass is 16.6. The average molecular weight is 464 g/mol. The Morgan fingerprint density at radius 1 is 0.794 bits per heavy atom. The highest BCUT2D eigenvalue weighted by Crippen LogP contribution is 2.19. The Labute approximate surface area is 196 Å². The third kappa shape index (κ3) is 5.91. The van der Waals surface area contributed by atoms with Crippen LogP contribution in [0.15, 0.2) is 60.7 Å². The lowest BCUT2D eigenvalue weighted by atomic mass is 10.1. The van der Waals surface area contributed by atoms with Crippen LogP contribution in [0, 0.1) is 20.2 Å². The monoisotopic (exact) mass is 464 g/mol. The molecule has 1 aliphatic rings. The van der Waals surface area contributed by atoms with Crippen molar-refractivity contribution in [2.45, 2.75) is 25.9 Å². The Bertz CT molecular complexity index is 1080. The van der Waals surface area contributed by atoms with Crippen molar-refractivity contribution < 1.29 is 19.4 Å². The van der Waals surface area contributed by atoms with Crippen molar-refractivity contribution >= 4 is 35.3 Å². The van der Waals surface area contributed by atoms with Crippen LogP contribution in [0.25, 0.3) is 12.2 Å². The molecule has 0 bridgehead atoms. The Balaban J connectivity index is 1.64. The van der Waals surface area contributed by atoms with E-state index in [1.807, 2.05) is 13.8 Å². The number of rotatable bonds is 6. The molecule has 0 saturated carbocycles. The van der Waals surface area contributed by atoms with Gasteiger partial charge in [-0.25, -0.2) is 0 Å². The normalized spacial score (nSPS) is 18.4. The van der Waals surface area contributed by atoms with E-state index in [4.69, 9.17) is 0 Å². The fraction of sp³-hybridized carbons (Fsp3) is 0.250. The molecule has 2 amide bonds. The van der Waals surface area contributed by atoms with E-state index >= 15 is 0 Å². The topological polar surface area (TPSA) is 127 Å². The van der Waals surface area contributed by atoms with E-state index in [9.17, 15) is 29.8 Å². The maximum Gasteiger partial charge on any atom is 0.270 e. The van der Waals surface area contributed by atoms with Gasteiger partial charge in [-0.1, -0.05) is 24.3 Å². The minimum absolute atomic E-state index is 0.0538. The summed E-state index contributed by atoms with van der Waals surface area (Å²) in [7, 11) is 0. The molecule has 0 aliphatic carbocycles. The molecule has 10 nitrogen and oxygen atoms in total. The first-order valence-corrected chi connectivity index (χ1v) is 10.6. The molecule has 176 valence electrons. The van der Waals surface area contributed by atoms with Gasteiger partial charge in [0.05, 0.1) is 9.85 Å². The quantitative estimate of drug-likeness (QED) is 0.365. The van der Waals surface area contributed by atoms with Crippen LogP contribution < -0.4 is 0 Å². The Kier molecular flexibility index (Phi) is 7.52. The number of non-ortho nitro benzene ring substituents is 2. The number of hydrogen-bond donors (Lipinski definition) is 0. The predicted octanol–water partition coefficient (Wildman–Crippen LogP) is 3.68. The number of amides is 2. The van der Waals surface area contributed by atoms with Crippen LogP contribution in [-0.4, -0.2) is 56.6 Å². The van der Waals surface area contributed by atoms with Crippen molar-refractivity contribution in [3.63, 3.8) is 0 Å². The van der Waals surface area contributed by atoms with Gasteiger partial charge in [-0.2, -0.15) is 0 Å². The number of nitro benzene ring substituents is 2. The van der Waals surface area contributed by atoms with Crippen molar-refractivity contribution in [1.29, 1.82) is 0 Å². The van der Waals surface area contributed by atoms with Gasteiger partial charge in [0, 0.05) is 61.6 Å². The summed E-state index contributed by atoms with van der Waals surface area (Å²) in [6, 6.07) is 11.5. The molecular weight excluding hydrogens is 440 g/mol. The minimum Gasteiger partial charge on any atom is -0.333 e. The number of nitrogens with zero attached hydrogens (tertiary/aromatic N) is 4. The van der Waals surface area contributed by atoms with Crippen molar-refractivity contribution in [3.8, 4) is 0 Å². The van der Waals surface area contributed by atoms with Gasteiger partial charge in [-0.05, 0) is 37.1 Å². The molecule has 1 saturated heterocycles. The summed E-state index contributed by atoms with van der Waals surface area (Å²) in [5.41, 5.74) is 0.982. The summed E-state index contributed by atoms with van der Waals surface area (Å²) in [6.45, 7) is 4.34. The maximum atomic E-state index is 12.8. The number of carbonyl (C=O) groups is 2. The van der Waals surface area contributed by atoms with Gasteiger partial charge in [0.1, 0.15) is 0 Å². The van der Waals surface area contributed by atoms with Gasteiger partial charge in [0.15, 0.2) is 0 Å². The van der Waals surface area contributed by atoms with Crippen LogP contribution in [0.3, 0.4) is 0 Å². The fourth-order valence-electron chi connectivity index (χ4n) is 3.75. The lowest BCUT2D eigenvalue weighted by Crippen LogP contribution is -2.59. The van der Waals surface area contributed by atoms with E-state index in [0.717, 1.165) is 0 Å². The highest BCUT2D eigenvalue weighted by Gasteiger charge is 2.32. The second-order valence-corrected chi connectivity index (χ2v) is 8.05. The van der Waals surface area contributed by atoms with Crippen LogP contribution >= 0.6 is 0 Å². The van der Waals surface area contributed by atoms with Gasteiger partial charge in [0.25, 0.3) is 11.4 Å². The van der Waals surface area contributed by atoms with Gasteiger partial charge >= 0.3 is 0 Å². The third-order valence-electron chi connectivity index (χ3n) is 5.55. The van der Waals surface area contributed by atoms with Crippen LogP contribution in [0.2, 0.25) is 0 Å². The van der Waals surface area contributed by atoms with E-state index < -0.39 is 9.85 Å². The molecule has 0 radical (unpaired) electrons. The first-order chi connectivity index (χ1) is 16.2. The van der Waals surface area contributed by atoms with E-state index in [0.29, 0.717) is 24.2 Å². The third-order valence-corrected chi connectivity index (χ3v) is 5.55. The Morgan fingerprint density at radius 3 is 1.53 bits per heavy atom. The first-order valence-electron chi connectivity index (χ1n) is 10.6. The van der Waals surface area contributed by atoms with Crippen LogP contribution in [0.4, 0.5) is 11.4 Å². The first kappa shape index (κ1) is 24.3. The standard InChI is InChI=1S/C24H24N4O6/c1-17-15-26(24(30)12-10-20-6-4-8-22(14-20)28(33)34)18(2)16-25(17)23(29)11-9-19-5-3-7-21(13-19)27(31)32/h3-14,17-18H,15-16H2,1-2H3/b11-9-,12-10+/t17-,18-/m1/s1. The number of hydrogen-bond acceptors (Lipinski definition) is 6. The second-order valence-electron chi connectivity index (χ2n) is 8.05. The molecule has 0 spiro atoms. The zero-order valence-electron chi connectivity index (χ0n) is 18.7. The zero-order valence-corrected chi connectivity index (χ0v) is 18.7. The largest absolute Gasteiger partial charge is 0.333 e.